The Morgan fingerprint density at radius 2 is 1.61 bits per heavy atom. The maximum atomic E-state index is 4.52. The van der Waals surface area contributed by atoms with Crippen LogP contribution in [0.1, 0.15) is 5.56 Å². The monoisotopic (exact) mass is 299 g/mol. The first-order chi connectivity index (χ1) is 11.4. The number of pyridine rings is 1. The number of hydrogen-bond donors (Lipinski definition) is 2. The third kappa shape index (κ3) is 2.94. The molecule has 0 radical (unpaired) electrons. The molecule has 4 rings (SSSR count). The smallest absolute Gasteiger partial charge is 0.137 e. The van der Waals surface area contributed by atoms with Gasteiger partial charge in [-0.3, -0.25) is 0 Å². The molecule has 0 aliphatic rings. The number of nitrogens with one attached hydrogen (secondary N) is 2. The number of H-pyrrole nitrogens is 1. The Bertz CT molecular complexity index is 911. The van der Waals surface area contributed by atoms with Crippen molar-refractivity contribution in [2.75, 3.05) is 5.32 Å². The SMILES string of the molecule is c1ccc(CNc2cnc3[nH]c(-c4ccccc4)cc3c2)cc1. The van der Waals surface area contributed by atoms with Crippen LogP contribution in [0.15, 0.2) is 79.0 Å². The van der Waals surface area contributed by atoms with Crippen LogP contribution in [0.5, 0.6) is 0 Å². The van der Waals surface area contributed by atoms with Crippen molar-refractivity contribution in [3.05, 3.63) is 84.6 Å². The Morgan fingerprint density at radius 1 is 0.870 bits per heavy atom. The van der Waals surface area contributed by atoms with Crippen LogP contribution < -0.4 is 5.32 Å². The van der Waals surface area contributed by atoms with Crippen LogP contribution in [0, 0.1) is 0 Å². The van der Waals surface area contributed by atoms with Gasteiger partial charge in [0, 0.05) is 17.6 Å². The first-order valence-corrected chi connectivity index (χ1v) is 7.70. The molecule has 2 N–H and O–H groups in total. The zero-order valence-corrected chi connectivity index (χ0v) is 12.7. The number of anilines is 1. The second-order valence-electron chi connectivity index (χ2n) is 5.55. The highest BCUT2D eigenvalue weighted by Crippen LogP contribution is 2.24. The molecule has 0 saturated heterocycles. The summed E-state index contributed by atoms with van der Waals surface area (Å²) in [4.78, 5) is 7.90. The van der Waals surface area contributed by atoms with Crippen molar-refractivity contribution in [1.82, 2.24) is 9.97 Å². The molecule has 0 spiro atoms. The maximum absolute atomic E-state index is 4.52. The molecule has 0 unspecified atom stereocenters. The highest BCUT2D eigenvalue weighted by molar-refractivity contribution is 5.85. The van der Waals surface area contributed by atoms with Crippen molar-refractivity contribution in [2.45, 2.75) is 6.54 Å². The maximum Gasteiger partial charge on any atom is 0.137 e. The molecule has 0 amide bonds. The second-order valence-corrected chi connectivity index (χ2v) is 5.55. The number of hydrogen-bond acceptors (Lipinski definition) is 2. The van der Waals surface area contributed by atoms with Crippen molar-refractivity contribution in [1.29, 1.82) is 0 Å². The van der Waals surface area contributed by atoms with Crippen LogP contribution >= 0.6 is 0 Å². The molecule has 112 valence electrons. The molecular weight excluding hydrogens is 282 g/mol. The molecule has 23 heavy (non-hydrogen) atoms. The number of aromatic nitrogens is 2. The summed E-state index contributed by atoms with van der Waals surface area (Å²) in [6, 6.07) is 24.9. The van der Waals surface area contributed by atoms with Crippen LogP contribution in [0.3, 0.4) is 0 Å². The fourth-order valence-corrected chi connectivity index (χ4v) is 2.69. The molecular formula is C20H17N3. The molecule has 0 aliphatic heterocycles. The highest BCUT2D eigenvalue weighted by atomic mass is 14.9. The zero-order valence-electron chi connectivity index (χ0n) is 12.7. The summed E-state index contributed by atoms with van der Waals surface area (Å²) in [5, 5.41) is 4.54. The Labute approximate surface area is 135 Å². The predicted molar refractivity (Wildman–Crippen MR) is 95.3 cm³/mol. The fraction of sp³-hybridized carbons (Fsp3) is 0.0500. The number of aromatic amines is 1. The van der Waals surface area contributed by atoms with Crippen LogP contribution in [0.4, 0.5) is 5.69 Å². The second kappa shape index (κ2) is 5.97. The average molecular weight is 299 g/mol. The molecule has 0 aliphatic carbocycles. The van der Waals surface area contributed by atoms with Crippen LogP contribution in [0.25, 0.3) is 22.3 Å². The van der Waals surface area contributed by atoms with Crippen molar-refractivity contribution in [2.24, 2.45) is 0 Å². The number of nitrogens with zero attached hydrogens (tertiary/aromatic N) is 1. The molecule has 0 bridgehead atoms. The molecule has 2 aromatic carbocycles. The van der Waals surface area contributed by atoms with Gasteiger partial charge in [-0.25, -0.2) is 4.98 Å². The Kier molecular flexibility index (Phi) is 3.53. The van der Waals surface area contributed by atoms with Gasteiger partial charge >= 0.3 is 0 Å². The summed E-state index contributed by atoms with van der Waals surface area (Å²) in [5.41, 5.74) is 5.46. The van der Waals surface area contributed by atoms with Gasteiger partial charge in [-0.05, 0) is 23.3 Å². The van der Waals surface area contributed by atoms with E-state index >= 15 is 0 Å². The van der Waals surface area contributed by atoms with E-state index in [4.69, 9.17) is 0 Å². The van der Waals surface area contributed by atoms with E-state index in [1.165, 1.54) is 11.1 Å². The molecule has 0 atom stereocenters. The van der Waals surface area contributed by atoms with Crippen molar-refractivity contribution in [3.8, 4) is 11.3 Å². The van der Waals surface area contributed by atoms with E-state index in [0.717, 1.165) is 29.0 Å². The lowest BCUT2D eigenvalue weighted by atomic mass is 10.1. The van der Waals surface area contributed by atoms with Crippen molar-refractivity contribution < 1.29 is 0 Å². The Hall–Kier alpha value is -3.07. The molecule has 3 nitrogen and oxygen atoms in total. The quantitative estimate of drug-likeness (QED) is 0.566. The Morgan fingerprint density at radius 3 is 2.39 bits per heavy atom. The summed E-state index contributed by atoms with van der Waals surface area (Å²) in [6.07, 6.45) is 1.87. The topological polar surface area (TPSA) is 40.7 Å². The van der Waals surface area contributed by atoms with Gasteiger partial charge in [0.15, 0.2) is 0 Å². The van der Waals surface area contributed by atoms with E-state index in [2.05, 4.69) is 63.8 Å². The standard InChI is InChI=1S/C20H17N3/c1-3-7-15(8-4-1)13-21-18-11-17-12-19(23-20(17)22-14-18)16-9-5-2-6-10-16/h1-12,14,21H,13H2,(H,22,23). The summed E-state index contributed by atoms with van der Waals surface area (Å²) >= 11 is 0. The third-order valence-electron chi connectivity index (χ3n) is 3.89. The minimum atomic E-state index is 0.796. The first kappa shape index (κ1) is 13.6. The van der Waals surface area contributed by atoms with Gasteiger partial charge in [-0.2, -0.15) is 0 Å². The van der Waals surface area contributed by atoms with Gasteiger partial charge in [0.1, 0.15) is 5.65 Å². The van der Waals surface area contributed by atoms with Gasteiger partial charge in [-0.15, -0.1) is 0 Å². The largest absolute Gasteiger partial charge is 0.380 e. The molecule has 2 heterocycles. The first-order valence-electron chi connectivity index (χ1n) is 7.70. The van der Waals surface area contributed by atoms with Gasteiger partial charge in [-0.1, -0.05) is 60.7 Å². The van der Waals surface area contributed by atoms with E-state index in [1.54, 1.807) is 0 Å². The van der Waals surface area contributed by atoms with Crippen LogP contribution in [-0.4, -0.2) is 9.97 Å². The van der Waals surface area contributed by atoms with Crippen LogP contribution in [0.2, 0.25) is 0 Å². The molecule has 0 fully saturated rings. The minimum absolute atomic E-state index is 0.796. The lowest BCUT2D eigenvalue weighted by molar-refractivity contribution is 1.14. The lowest BCUT2D eigenvalue weighted by Crippen LogP contribution is -1.99. The van der Waals surface area contributed by atoms with E-state index in [9.17, 15) is 0 Å². The average Bonchev–Trinajstić information content (AvgIpc) is 3.05. The van der Waals surface area contributed by atoms with E-state index < -0.39 is 0 Å². The minimum Gasteiger partial charge on any atom is -0.380 e. The Balaban J connectivity index is 1.58. The third-order valence-corrected chi connectivity index (χ3v) is 3.89. The van der Waals surface area contributed by atoms with Gasteiger partial charge in [0.25, 0.3) is 0 Å². The lowest BCUT2D eigenvalue weighted by Gasteiger charge is -2.05. The van der Waals surface area contributed by atoms with E-state index in [0.29, 0.717) is 0 Å². The summed E-state index contributed by atoms with van der Waals surface area (Å²) in [5.74, 6) is 0. The highest BCUT2D eigenvalue weighted by Gasteiger charge is 2.05. The molecule has 4 aromatic rings. The van der Waals surface area contributed by atoms with E-state index in [-0.39, 0.29) is 0 Å². The fourth-order valence-electron chi connectivity index (χ4n) is 2.69. The normalized spacial score (nSPS) is 10.8. The van der Waals surface area contributed by atoms with Gasteiger partial charge < -0.3 is 10.3 Å². The van der Waals surface area contributed by atoms with E-state index in [1.807, 2.05) is 30.5 Å². The summed E-state index contributed by atoms with van der Waals surface area (Å²) in [7, 11) is 0. The van der Waals surface area contributed by atoms with Gasteiger partial charge in [0.05, 0.1) is 11.9 Å². The summed E-state index contributed by atoms with van der Waals surface area (Å²) < 4.78 is 0. The molecule has 0 saturated carbocycles. The summed E-state index contributed by atoms with van der Waals surface area (Å²) in [6.45, 7) is 0.796. The van der Waals surface area contributed by atoms with Crippen molar-refractivity contribution in [3.63, 3.8) is 0 Å². The molecule has 3 heteroatoms. The number of rotatable bonds is 4. The molecule has 2 aromatic heterocycles. The van der Waals surface area contributed by atoms with Crippen molar-refractivity contribution >= 4 is 16.7 Å². The predicted octanol–water partition coefficient (Wildman–Crippen LogP) is 4.84. The number of fused-ring (bicyclic) bond motifs is 1. The number of benzene rings is 2. The zero-order chi connectivity index (χ0) is 15.5. The van der Waals surface area contributed by atoms with Gasteiger partial charge in [0.2, 0.25) is 0 Å². The van der Waals surface area contributed by atoms with Crippen LogP contribution in [-0.2, 0) is 6.54 Å².